The molecule has 1 saturated carbocycles. The zero-order valence-electron chi connectivity index (χ0n) is 11.0. The van der Waals surface area contributed by atoms with Crippen molar-refractivity contribution in [2.45, 2.75) is 65.4 Å². The Balaban J connectivity index is 2.50. The van der Waals surface area contributed by atoms with Crippen LogP contribution in [0.4, 0.5) is 0 Å². The molecule has 1 nitrogen and oxygen atoms in total. The molecule has 1 aliphatic carbocycles. The summed E-state index contributed by atoms with van der Waals surface area (Å²) in [5.74, 6) is 3.85. The molecule has 1 rings (SSSR count). The average molecular weight is 222 g/mol. The monoisotopic (exact) mass is 222 g/mol. The van der Waals surface area contributed by atoms with Crippen molar-refractivity contribution in [2.75, 3.05) is 0 Å². The number of aliphatic hydroxyl groups excluding tert-OH is 1. The molecule has 0 spiro atoms. The van der Waals surface area contributed by atoms with Crippen molar-refractivity contribution in [3.05, 3.63) is 0 Å². The Kier molecular flexibility index (Phi) is 4.87. The maximum atomic E-state index is 10.2. The Morgan fingerprint density at radius 1 is 1.38 bits per heavy atom. The van der Waals surface area contributed by atoms with E-state index in [1.54, 1.807) is 0 Å². The van der Waals surface area contributed by atoms with Crippen LogP contribution in [0, 0.1) is 29.6 Å². The minimum atomic E-state index is -0.107. The third kappa shape index (κ3) is 3.52. The second-order valence-electron chi connectivity index (χ2n) is 6.14. The van der Waals surface area contributed by atoms with Crippen LogP contribution in [-0.4, -0.2) is 11.2 Å². The molecule has 0 saturated heterocycles. The summed E-state index contributed by atoms with van der Waals surface area (Å²) in [5.41, 5.74) is 0.233. The number of rotatable bonds is 4. The van der Waals surface area contributed by atoms with E-state index in [9.17, 15) is 5.11 Å². The molecular weight excluding hydrogens is 196 g/mol. The van der Waals surface area contributed by atoms with Crippen LogP contribution in [0.25, 0.3) is 0 Å². The van der Waals surface area contributed by atoms with E-state index in [-0.39, 0.29) is 11.5 Å². The predicted molar refractivity (Wildman–Crippen MR) is 69.0 cm³/mol. The zero-order chi connectivity index (χ0) is 12.2. The fourth-order valence-electron chi connectivity index (χ4n) is 3.09. The first-order chi connectivity index (χ1) is 7.47. The minimum Gasteiger partial charge on any atom is -0.393 e. The van der Waals surface area contributed by atoms with Crippen LogP contribution in [-0.2, 0) is 0 Å². The van der Waals surface area contributed by atoms with Crippen LogP contribution in [0.5, 0.6) is 0 Å². The van der Waals surface area contributed by atoms with Crippen molar-refractivity contribution in [1.82, 2.24) is 0 Å². The Hall–Kier alpha value is -0.480. The van der Waals surface area contributed by atoms with Gasteiger partial charge < -0.3 is 5.11 Å². The van der Waals surface area contributed by atoms with Crippen LogP contribution >= 0.6 is 0 Å². The molecule has 92 valence electrons. The van der Waals surface area contributed by atoms with Gasteiger partial charge in [0, 0.05) is 6.42 Å². The van der Waals surface area contributed by atoms with E-state index in [0.29, 0.717) is 11.8 Å². The van der Waals surface area contributed by atoms with Gasteiger partial charge in [-0.05, 0) is 42.9 Å². The molecule has 3 unspecified atom stereocenters. The summed E-state index contributed by atoms with van der Waals surface area (Å²) >= 11 is 0. The highest BCUT2D eigenvalue weighted by Crippen LogP contribution is 2.43. The lowest BCUT2D eigenvalue weighted by Gasteiger charge is -2.42. The van der Waals surface area contributed by atoms with Crippen molar-refractivity contribution in [2.24, 2.45) is 17.3 Å². The summed E-state index contributed by atoms with van der Waals surface area (Å²) in [6.07, 6.45) is 11.7. The first kappa shape index (κ1) is 13.6. The van der Waals surface area contributed by atoms with Crippen molar-refractivity contribution < 1.29 is 5.11 Å². The first-order valence-corrected chi connectivity index (χ1v) is 6.59. The molecule has 0 aromatic rings. The van der Waals surface area contributed by atoms with Crippen LogP contribution in [0.15, 0.2) is 0 Å². The zero-order valence-corrected chi connectivity index (χ0v) is 11.0. The van der Waals surface area contributed by atoms with Crippen molar-refractivity contribution in [1.29, 1.82) is 0 Å². The lowest BCUT2D eigenvalue weighted by Crippen LogP contribution is -2.38. The van der Waals surface area contributed by atoms with E-state index in [0.717, 1.165) is 25.7 Å². The lowest BCUT2D eigenvalue weighted by atomic mass is 9.65. The van der Waals surface area contributed by atoms with Gasteiger partial charge in [0.15, 0.2) is 0 Å². The molecule has 1 aliphatic rings. The Morgan fingerprint density at radius 2 is 2.06 bits per heavy atom. The smallest absolute Gasteiger partial charge is 0.0576 e. The lowest BCUT2D eigenvalue weighted by molar-refractivity contribution is -0.0165. The van der Waals surface area contributed by atoms with Crippen molar-refractivity contribution in [3.63, 3.8) is 0 Å². The van der Waals surface area contributed by atoms with Crippen LogP contribution in [0.2, 0.25) is 0 Å². The molecule has 1 N–H and O–H groups in total. The predicted octanol–water partition coefficient (Wildman–Crippen LogP) is 3.61. The molecule has 0 amide bonds. The number of aliphatic hydroxyl groups is 1. The molecule has 0 aromatic carbocycles. The topological polar surface area (TPSA) is 20.2 Å². The fourth-order valence-corrected chi connectivity index (χ4v) is 3.09. The maximum Gasteiger partial charge on any atom is 0.0576 e. The Morgan fingerprint density at radius 3 is 2.62 bits per heavy atom. The summed E-state index contributed by atoms with van der Waals surface area (Å²) in [4.78, 5) is 0. The van der Waals surface area contributed by atoms with Gasteiger partial charge in [0.2, 0.25) is 0 Å². The number of hydrogen-bond donors (Lipinski definition) is 1. The molecule has 0 aliphatic heterocycles. The van der Waals surface area contributed by atoms with Crippen molar-refractivity contribution >= 4 is 0 Å². The third-order valence-electron chi connectivity index (χ3n) is 4.22. The average Bonchev–Trinajstić information content (AvgIpc) is 2.17. The molecule has 0 aromatic heterocycles. The molecule has 0 bridgehead atoms. The van der Waals surface area contributed by atoms with E-state index < -0.39 is 0 Å². The second-order valence-corrected chi connectivity index (χ2v) is 6.14. The molecule has 16 heavy (non-hydrogen) atoms. The van der Waals surface area contributed by atoms with Crippen LogP contribution in [0.3, 0.4) is 0 Å². The summed E-state index contributed by atoms with van der Waals surface area (Å²) in [5, 5.41) is 10.2. The van der Waals surface area contributed by atoms with Gasteiger partial charge >= 0.3 is 0 Å². The third-order valence-corrected chi connectivity index (χ3v) is 4.22. The quantitative estimate of drug-likeness (QED) is 0.569. The molecule has 0 radical (unpaired) electrons. The van der Waals surface area contributed by atoms with Gasteiger partial charge in [0.05, 0.1) is 6.10 Å². The highest BCUT2D eigenvalue weighted by molar-refractivity contribution is 4.90. The maximum absolute atomic E-state index is 10.2. The summed E-state index contributed by atoms with van der Waals surface area (Å²) in [6.45, 7) is 6.81. The van der Waals surface area contributed by atoms with Gasteiger partial charge in [-0.2, -0.15) is 0 Å². The van der Waals surface area contributed by atoms with Gasteiger partial charge in [0.1, 0.15) is 0 Å². The highest BCUT2D eigenvalue weighted by Gasteiger charge is 2.37. The van der Waals surface area contributed by atoms with Crippen LogP contribution in [0.1, 0.15) is 59.3 Å². The summed E-state index contributed by atoms with van der Waals surface area (Å²) in [7, 11) is 0. The normalized spacial score (nSPS) is 31.1. The summed E-state index contributed by atoms with van der Waals surface area (Å²) in [6, 6.07) is 0. The van der Waals surface area contributed by atoms with Gasteiger partial charge in [-0.15, -0.1) is 12.3 Å². The number of terminal acetylenes is 1. The summed E-state index contributed by atoms with van der Waals surface area (Å²) < 4.78 is 0. The first-order valence-electron chi connectivity index (χ1n) is 6.59. The fraction of sp³-hybridized carbons (Fsp3) is 0.867. The van der Waals surface area contributed by atoms with E-state index in [2.05, 4.69) is 26.7 Å². The van der Waals surface area contributed by atoms with Gasteiger partial charge in [0.25, 0.3) is 0 Å². The molecule has 1 fully saturated rings. The van der Waals surface area contributed by atoms with Gasteiger partial charge in [-0.1, -0.05) is 27.2 Å². The standard InChI is InChI=1S/C15H26O/c1-5-6-7-10-15(3,4)13-9-8-12(2)11-14(13)16/h1,12-14,16H,6-11H2,2-4H3. The number of hydrogen-bond acceptors (Lipinski definition) is 1. The molecule has 1 heteroatoms. The largest absolute Gasteiger partial charge is 0.393 e. The highest BCUT2D eigenvalue weighted by atomic mass is 16.3. The molecule has 0 heterocycles. The minimum absolute atomic E-state index is 0.107. The van der Waals surface area contributed by atoms with Gasteiger partial charge in [-0.25, -0.2) is 0 Å². The van der Waals surface area contributed by atoms with E-state index in [1.165, 1.54) is 12.8 Å². The SMILES string of the molecule is C#CCCCC(C)(C)C1CCC(C)CC1O. The van der Waals surface area contributed by atoms with Crippen molar-refractivity contribution in [3.8, 4) is 12.3 Å². The van der Waals surface area contributed by atoms with E-state index in [4.69, 9.17) is 6.42 Å². The van der Waals surface area contributed by atoms with E-state index >= 15 is 0 Å². The Labute approximate surface area is 101 Å². The van der Waals surface area contributed by atoms with Crippen LogP contribution < -0.4 is 0 Å². The van der Waals surface area contributed by atoms with E-state index in [1.807, 2.05) is 0 Å². The van der Waals surface area contributed by atoms with Gasteiger partial charge in [-0.3, -0.25) is 0 Å². The molecule has 3 atom stereocenters. The number of unbranched alkanes of at least 4 members (excludes halogenated alkanes) is 1. The Bertz CT molecular complexity index is 249. The second kappa shape index (κ2) is 5.73. The molecular formula is C15H26O.